The van der Waals surface area contributed by atoms with Crippen LogP contribution in [-0.2, 0) is 6.42 Å². The fraction of sp³-hybridized carbons (Fsp3) is 0.562. The van der Waals surface area contributed by atoms with Gasteiger partial charge in [-0.15, -0.1) is 0 Å². The third kappa shape index (κ3) is 2.90. The molecule has 2 rings (SSSR count). The number of aliphatic hydroxyl groups is 1. The predicted molar refractivity (Wildman–Crippen MR) is 77.0 cm³/mol. The first-order chi connectivity index (χ1) is 9.17. The maximum Gasteiger partial charge on any atom is 0.0948 e. The molecule has 1 aliphatic rings. The number of nitrogens with zero attached hydrogens (tertiary/aromatic N) is 2. The van der Waals surface area contributed by atoms with Crippen molar-refractivity contribution < 1.29 is 5.11 Å². The minimum absolute atomic E-state index is 0.302. The van der Waals surface area contributed by atoms with Gasteiger partial charge in [0, 0.05) is 19.3 Å². The van der Waals surface area contributed by atoms with Gasteiger partial charge in [-0.25, -0.2) is 0 Å². The largest absolute Gasteiger partial charge is 0.387 e. The Kier molecular flexibility index (Phi) is 4.44. The fourth-order valence-corrected chi connectivity index (χ4v) is 2.83. The molecule has 0 saturated heterocycles. The van der Waals surface area contributed by atoms with Crippen molar-refractivity contribution in [3.05, 3.63) is 29.3 Å². The average Bonchev–Trinajstić information content (AvgIpc) is 2.44. The summed E-state index contributed by atoms with van der Waals surface area (Å²) < 4.78 is 0. The number of nitriles is 1. The quantitative estimate of drug-likeness (QED) is 0.903. The summed E-state index contributed by atoms with van der Waals surface area (Å²) in [6.45, 7) is 3.13. The van der Waals surface area contributed by atoms with E-state index >= 15 is 0 Å². The van der Waals surface area contributed by atoms with E-state index in [0.717, 1.165) is 37.8 Å². The zero-order valence-electron chi connectivity index (χ0n) is 11.8. The Hall–Kier alpha value is -1.53. The van der Waals surface area contributed by atoms with Crippen LogP contribution in [0.3, 0.4) is 0 Å². The van der Waals surface area contributed by atoms with Crippen LogP contribution in [0.5, 0.6) is 0 Å². The maximum atomic E-state index is 10.3. The normalized spacial score (nSPS) is 17.5. The first kappa shape index (κ1) is 13.9. The summed E-state index contributed by atoms with van der Waals surface area (Å²) in [5.74, 6) is -0.302. The lowest BCUT2D eigenvalue weighted by Crippen LogP contribution is -2.25. The van der Waals surface area contributed by atoms with E-state index in [9.17, 15) is 5.11 Å². The molecule has 0 aliphatic carbocycles. The van der Waals surface area contributed by atoms with Crippen LogP contribution in [0.4, 0.5) is 5.69 Å². The van der Waals surface area contributed by atoms with E-state index in [4.69, 9.17) is 5.26 Å². The molecule has 1 aromatic rings. The Bertz CT molecular complexity index is 478. The lowest BCUT2D eigenvalue weighted by Gasteiger charge is -2.28. The van der Waals surface area contributed by atoms with Gasteiger partial charge < -0.3 is 10.0 Å². The second kappa shape index (κ2) is 6.08. The second-order valence-electron chi connectivity index (χ2n) is 5.38. The molecule has 3 heteroatoms. The summed E-state index contributed by atoms with van der Waals surface area (Å²) in [6, 6.07) is 8.35. The van der Waals surface area contributed by atoms with Gasteiger partial charge in [0.2, 0.25) is 0 Å². The summed E-state index contributed by atoms with van der Waals surface area (Å²) in [5.41, 5.74) is 3.43. The molecule has 102 valence electrons. The molecule has 1 heterocycles. The molecule has 0 radical (unpaired) electrons. The van der Waals surface area contributed by atoms with E-state index in [0.29, 0.717) is 0 Å². The molecule has 2 unspecified atom stereocenters. The lowest BCUT2D eigenvalue weighted by molar-refractivity contribution is 0.130. The Morgan fingerprint density at radius 3 is 2.95 bits per heavy atom. The molecule has 0 spiro atoms. The molecule has 1 aromatic carbocycles. The van der Waals surface area contributed by atoms with E-state index in [-0.39, 0.29) is 5.92 Å². The molecule has 0 amide bonds. The Morgan fingerprint density at radius 2 is 2.26 bits per heavy atom. The van der Waals surface area contributed by atoms with Crippen LogP contribution in [0.15, 0.2) is 18.2 Å². The summed E-state index contributed by atoms with van der Waals surface area (Å²) in [4.78, 5) is 2.25. The Labute approximate surface area is 115 Å². The molecule has 0 saturated carbocycles. The van der Waals surface area contributed by atoms with Crippen molar-refractivity contribution in [2.75, 3.05) is 18.5 Å². The van der Waals surface area contributed by atoms with Gasteiger partial charge in [0.1, 0.15) is 0 Å². The maximum absolute atomic E-state index is 10.3. The van der Waals surface area contributed by atoms with Crippen LogP contribution in [0.2, 0.25) is 0 Å². The van der Waals surface area contributed by atoms with Gasteiger partial charge in [-0.05, 0) is 36.5 Å². The zero-order valence-corrected chi connectivity index (χ0v) is 11.8. The van der Waals surface area contributed by atoms with Crippen molar-refractivity contribution >= 4 is 5.69 Å². The molecule has 19 heavy (non-hydrogen) atoms. The third-order valence-corrected chi connectivity index (χ3v) is 3.94. The molecule has 1 N–H and O–H groups in total. The zero-order chi connectivity index (χ0) is 13.8. The van der Waals surface area contributed by atoms with Crippen molar-refractivity contribution in [2.45, 2.75) is 38.7 Å². The Balaban J connectivity index is 2.24. The van der Waals surface area contributed by atoms with Gasteiger partial charge in [0.05, 0.1) is 18.1 Å². The van der Waals surface area contributed by atoms with Crippen LogP contribution >= 0.6 is 0 Å². The lowest BCUT2D eigenvalue weighted by atomic mass is 9.90. The number of fused-ring (bicyclic) bond motifs is 1. The highest BCUT2D eigenvalue weighted by Gasteiger charge is 2.22. The van der Waals surface area contributed by atoms with Crippen molar-refractivity contribution in [1.29, 1.82) is 5.26 Å². The van der Waals surface area contributed by atoms with Gasteiger partial charge in [-0.2, -0.15) is 5.26 Å². The first-order valence-corrected chi connectivity index (χ1v) is 7.09. The summed E-state index contributed by atoms with van der Waals surface area (Å²) in [6.07, 6.45) is 3.21. The number of anilines is 1. The minimum Gasteiger partial charge on any atom is -0.387 e. The summed E-state index contributed by atoms with van der Waals surface area (Å²) in [5, 5.41) is 19.5. The standard InChI is InChI=1S/C16H22N2O/c1-3-5-14(11-17)16(19)13-7-8-15-12(10-13)6-4-9-18(15)2/h7-8,10,14,16,19H,3-6,9H2,1-2H3. The average molecular weight is 258 g/mol. The number of rotatable bonds is 4. The monoisotopic (exact) mass is 258 g/mol. The second-order valence-corrected chi connectivity index (χ2v) is 5.38. The fourth-order valence-electron chi connectivity index (χ4n) is 2.83. The molecule has 1 aliphatic heterocycles. The van der Waals surface area contributed by atoms with Crippen molar-refractivity contribution in [3.63, 3.8) is 0 Å². The van der Waals surface area contributed by atoms with Crippen molar-refractivity contribution in [2.24, 2.45) is 5.92 Å². The topological polar surface area (TPSA) is 47.3 Å². The van der Waals surface area contributed by atoms with E-state index < -0.39 is 6.10 Å². The SMILES string of the molecule is CCCC(C#N)C(O)c1ccc2c(c1)CCCN2C. The van der Waals surface area contributed by atoms with Crippen LogP contribution in [0.1, 0.15) is 43.4 Å². The third-order valence-electron chi connectivity index (χ3n) is 3.94. The van der Waals surface area contributed by atoms with Gasteiger partial charge in [-0.3, -0.25) is 0 Å². The first-order valence-electron chi connectivity index (χ1n) is 7.09. The Morgan fingerprint density at radius 1 is 1.47 bits per heavy atom. The van der Waals surface area contributed by atoms with Crippen molar-refractivity contribution in [1.82, 2.24) is 0 Å². The molecule has 0 aromatic heterocycles. The van der Waals surface area contributed by atoms with Crippen LogP contribution < -0.4 is 4.90 Å². The van der Waals surface area contributed by atoms with Gasteiger partial charge in [-0.1, -0.05) is 25.5 Å². The molecular weight excluding hydrogens is 236 g/mol. The minimum atomic E-state index is -0.664. The predicted octanol–water partition coefficient (Wildman–Crippen LogP) is 3.04. The van der Waals surface area contributed by atoms with Crippen molar-refractivity contribution in [3.8, 4) is 6.07 Å². The van der Waals surface area contributed by atoms with Gasteiger partial charge >= 0.3 is 0 Å². The molecule has 3 nitrogen and oxygen atoms in total. The van der Waals surface area contributed by atoms with Gasteiger partial charge in [0.25, 0.3) is 0 Å². The molecule has 0 fully saturated rings. The van der Waals surface area contributed by atoms with Gasteiger partial charge in [0.15, 0.2) is 0 Å². The smallest absolute Gasteiger partial charge is 0.0948 e. The van der Waals surface area contributed by atoms with Crippen LogP contribution in [0, 0.1) is 17.2 Å². The highest BCUT2D eigenvalue weighted by atomic mass is 16.3. The summed E-state index contributed by atoms with van der Waals surface area (Å²) >= 11 is 0. The van der Waals surface area contributed by atoms with E-state index in [1.54, 1.807) is 0 Å². The number of hydrogen-bond acceptors (Lipinski definition) is 3. The van der Waals surface area contributed by atoms with E-state index in [2.05, 4.69) is 30.1 Å². The molecule has 0 bridgehead atoms. The highest BCUT2D eigenvalue weighted by Crippen LogP contribution is 2.32. The van der Waals surface area contributed by atoms with Crippen LogP contribution in [-0.4, -0.2) is 18.7 Å². The number of benzene rings is 1. The number of aryl methyl sites for hydroxylation is 1. The van der Waals surface area contributed by atoms with Crippen LogP contribution in [0.25, 0.3) is 0 Å². The molecular formula is C16H22N2O. The highest BCUT2D eigenvalue weighted by molar-refractivity contribution is 5.56. The number of aliphatic hydroxyl groups excluding tert-OH is 1. The molecule has 2 atom stereocenters. The number of hydrogen-bond donors (Lipinski definition) is 1. The van der Waals surface area contributed by atoms with E-state index in [1.807, 2.05) is 13.0 Å². The summed E-state index contributed by atoms with van der Waals surface area (Å²) in [7, 11) is 2.10. The van der Waals surface area contributed by atoms with E-state index in [1.165, 1.54) is 11.3 Å².